The first kappa shape index (κ1) is 12.6. The first-order valence-corrected chi connectivity index (χ1v) is 6.76. The Bertz CT molecular complexity index is 595. The lowest BCUT2D eigenvalue weighted by atomic mass is 10.4. The van der Waals surface area contributed by atoms with Crippen LogP contribution in [0.15, 0.2) is 26.9 Å². The molecule has 0 radical (unpaired) electrons. The molecular weight excluding hydrogens is 326 g/mol. The van der Waals surface area contributed by atoms with E-state index in [9.17, 15) is 4.79 Å². The predicted molar refractivity (Wildman–Crippen MR) is 73.8 cm³/mol. The van der Waals surface area contributed by atoms with Gasteiger partial charge >= 0.3 is 0 Å². The van der Waals surface area contributed by atoms with Gasteiger partial charge in [-0.1, -0.05) is 11.6 Å². The Morgan fingerprint density at radius 3 is 3.00 bits per heavy atom. The van der Waals surface area contributed by atoms with Gasteiger partial charge in [0.1, 0.15) is 5.02 Å². The Kier molecular flexibility index (Phi) is 3.86. The van der Waals surface area contributed by atoms with Gasteiger partial charge in [0.15, 0.2) is 0 Å². The number of rotatable bonds is 3. The number of hydrogen-bond donors (Lipinski definition) is 1. The van der Waals surface area contributed by atoms with Crippen molar-refractivity contribution in [3.63, 3.8) is 0 Å². The van der Waals surface area contributed by atoms with Crippen LogP contribution in [0.2, 0.25) is 5.02 Å². The predicted octanol–water partition coefficient (Wildman–Crippen LogP) is 2.87. The fraction of sp³-hybridized carbons (Fsp3) is 0.200. The van der Waals surface area contributed by atoms with E-state index in [1.165, 1.54) is 4.68 Å². The molecule has 0 aliphatic heterocycles. The van der Waals surface area contributed by atoms with Crippen LogP contribution < -0.4 is 10.9 Å². The molecule has 90 valence electrons. The average Bonchev–Trinajstić information content (AvgIpc) is 2.71. The first-order valence-electron chi connectivity index (χ1n) is 4.78. The monoisotopic (exact) mass is 333 g/mol. The molecule has 1 N–H and O–H groups in total. The minimum absolute atomic E-state index is 0.165. The lowest BCUT2D eigenvalue weighted by Gasteiger charge is -2.06. The number of aryl methyl sites for hydroxylation is 1. The van der Waals surface area contributed by atoms with Crippen LogP contribution in [-0.2, 0) is 13.6 Å². The summed E-state index contributed by atoms with van der Waals surface area (Å²) >= 11 is 10.9. The maximum absolute atomic E-state index is 11.5. The highest BCUT2D eigenvalue weighted by molar-refractivity contribution is 9.11. The molecule has 0 saturated heterocycles. The van der Waals surface area contributed by atoms with E-state index in [1.807, 2.05) is 12.1 Å². The second kappa shape index (κ2) is 5.20. The normalized spacial score (nSPS) is 10.5. The van der Waals surface area contributed by atoms with Crippen LogP contribution in [0, 0.1) is 0 Å². The first-order chi connectivity index (χ1) is 8.08. The van der Waals surface area contributed by atoms with Crippen LogP contribution in [0.4, 0.5) is 5.69 Å². The molecule has 0 unspecified atom stereocenters. The van der Waals surface area contributed by atoms with Crippen LogP contribution in [0.25, 0.3) is 0 Å². The maximum Gasteiger partial charge on any atom is 0.287 e. The number of halogens is 2. The summed E-state index contributed by atoms with van der Waals surface area (Å²) in [5.74, 6) is 0. The van der Waals surface area contributed by atoms with E-state index in [-0.39, 0.29) is 10.6 Å². The van der Waals surface area contributed by atoms with Crippen LogP contribution in [0.3, 0.4) is 0 Å². The zero-order valence-electron chi connectivity index (χ0n) is 8.91. The quantitative estimate of drug-likeness (QED) is 0.939. The largest absolute Gasteiger partial charge is 0.377 e. The summed E-state index contributed by atoms with van der Waals surface area (Å²) in [6, 6.07) is 3.98. The molecule has 0 aromatic carbocycles. The van der Waals surface area contributed by atoms with Gasteiger partial charge in [-0.25, -0.2) is 4.68 Å². The number of anilines is 1. The van der Waals surface area contributed by atoms with Crippen LogP contribution in [0.1, 0.15) is 4.88 Å². The molecule has 0 aliphatic rings. The van der Waals surface area contributed by atoms with E-state index in [2.05, 4.69) is 26.3 Å². The van der Waals surface area contributed by atoms with Crippen molar-refractivity contribution in [1.29, 1.82) is 0 Å². The van der Waals surface area contributed by atoms with Crippen molar-refractivity contribution >= 4 is 44.6 Å². The Balaban J connectivity index is 2.15. The molecule has 0 spiro atoms. The number of hydrogen-bond acceptors (Lipinski definition) is 4. The van der Waals surface area contributed by atoms with Crippen molar-refractivity contribution in [3.05, 3.63) is 42.4 Å². The SMILES string of the molecule is Cn1ncc(NCc2ccc(Br)s2)c(Cl)c1=O. The maximum atomic E-state index is 11.5. The molecule has 17 heavy (non-hydrogen) atoms. The van der Waals surface area contributed by atoms with Crippen LogP contribution in [0.5, 0.6) is 0 Å². The van der Waals surface area contributed by atoms with Crippen molar-refractivity contribution in [3.8, 4) is 0 Å². The van der Waals surface area contributed by atoms with E-state index < -0.39 is 0 Å². The van der Waals surface area contributed by atoms with Crippen molar-refractivity contribution in [2.24, 2.45) is 7.05 Å². The summed E-state index contributed by atoms with van der Waals surface area (Å²) in [6.45, 7) is 0.616. The highest BCUT2D eigenvalue weighted by atomic mass is 79.9. The second-order valence-electron chi connectivity index (χ2n) is 3.36. The minimum atomic E-state index is -0.302. The molecule has 7 heteroatoms. The Labute approximate surface area is 115 Å². The smallest absolute Gasteiger partial charge is 0.287 e. The van der Waals surface area contributed by atoms with Gasteiger partial charge < -0.3 is 5.32 Å². The molecular formula is C10H9BrClN3OS. The van der Waals surface area contributed by atoms with E-state index in [1.54, 1.807) is 24.6 Å². The number of nitrogens with one attached hydrogen (secondary N) is 1. The Hall–Kier alpha value is -0.850. The summed E-state index contributed by atoms with van der Waals surface area (Å²) in [4.78, 5) is 12.7. The van der Waals surface area contributed by atoms with Gasteiger partial charge in [-0.05, 0) is 28.1 Å². The van der Waals surface area contributed by atoms with Gasteiger partial charge in [-0.15, -0.1) is 11.3 Å². The zero-order chi connectivity index (χ0) is 12.4. The van der Waals surface area contributed by atoms with Crippen molar-refractivity contribution in [2.45, 2.75) is 6.54 Å². The van der Waals surface area contributed by atoms with E-state index in [4.69, 9.17) is 11.6 Å². The zero-order valence-corrected chi connectivity index (χ0v) is 12.1. The summed E-state index contributed by atoms with van der Waals surface area (Å²) in [7, 11) is 1.56. The molecule has 2 heterocycles. The van der Waals surface area contributed by atoms with E-state index in [0.717, 1.165) is 8.66 Å². The Morgan fingerprint density at radius 1 is 1.59 bits per heavy atom. The summed E-state index contributed by atoms with van der Waals surface area (Å²) in [5.41, 5.74) is 0.253. The number of thiophene rings is 1. The van der Waals surface area contributed by atoms with Crippen LogP contribution >= 0.6 is 38.9 Å². The number of aromatic nitrogens is 2. The third-order valence-corrected chi connectivity index (χ3v) is 4.15. The van der Waals surface area contributed by atoms with Crippen molar-refractivity contribution in [1.82, 2.24) is 9.78 Å². The number of nitrogens with zero attached hydrogens (tertiary/aromatic N) is 2. The molecule has 0 bridgehead atoms. The minimum Gasteiger partial charge on any atom is -0.377 e. The third kappa shape index (κ3) is 2.88. The van der Waals surface area contributed by atoms with Gasteiger partial charge in [-0.2, -0.15) is 5.10 Å². The van der Waals surface area contributed by atoms with Crippen molar-refractivity contribution < 1.29 is 0 Å². The molecule has 0 atom stereocenters. The second-order valence-corrected chi connectivity index (χ2v) is 6.29. The molecule has 2 aromatic rings. The van der Waals surface area contributed by atoms with Crippen molar-refractivity contribution in [2.75, 3.05) is 5.32 Å². The highest BCUT2D eigenvalue weighted by Gasteiger charge is 2.07. The van der Waals surface area contributed by atoms with Crippen LogP contribution in [-0.4, -0.2) is 9.78 Å². The topological polar surface area (TPSA) is 46.9 Å². The average molecular weight is 335 g/mol. The molecule has 0 fully saturated rings. The molecule has 2 rings (SSSR count). The van der Waals surface area contributed by atoms with E-state index in [0.29, 0.717) is 12.2 Å². The fourth-order valence-electron chi connectivity index (χ4n) is 1.26. The summed E-state index contributed by atoms with van der Waals surface area (Å²) in [6.07, 6.45) is 1.55. The lowest BCUT2D eigenvalue weighted by Crippen LogP contribution is -2.20. The van der Waals surface area contributed by atoms with Gasteiger partial charge in [0, 0.05) is 18.5 Å². The molecule has 0 amide bonds. The molecule has 2 aromatic heterocycles. The van der Waals surface area contributed by atoms with E-state index >= 15 is 0 Å². The fourth-order valence-corrected chi connectivity index (χ4v) is 2.92. The summed E-state index contributed by atoms with van der Waals surface area (Å²) in [5, 5.41) is 7.17. The molecule has 0 saturated carbocycles. The van der Waals surface area contributed by atoms with Gasteiger partial charge in [-0.3, -0.25) is 4.79 Å². The standard InChI is InChI=1S/C10H9BrClN3OS/c1-15-10(16)9(12)7(5-14-15)13-4-6-2-3-8(11)17-6/h2-3,5,13H,4H2,1H3. The van der Waals surface area contributed by atoms with Gasteiger partial charge in [0.2, 0.25) is 0 Å². The van der Waals surface area contributed by atoms with Gasteiger partial charge in [0.25, 0.3) is 5.56 Å². The van der Waals surface area contributed by atoms with Gasteiger partial charge in [0.05, 0.1) is 15.7 Å². The molecule has 0 aliphatic carbocycles. The lowest BCUT2D eigenvalue weighted by molar-refractivity contribution is 0.708. The third-order valence-electron chi connectivity index (χ3n) is 2.16. The Morgan fingerprint density at radius 2 is 2.35 bits per heavy atom. The summed E-state index contributed by atoms with van der Waals surface area (Å²) < 4.78 is 2.28. The highest BCUT2D eigenvalue weighted by Crippen LogP contribution is 2.23. The molecule has 4 nitrogen and oxygen atoms in total.